The molecule has 6 nitrogen and oxygen atoms in total. The zero-order valence-electron chi connectivity index (χ0n) is 19.7. The van der Waals surface area contributed by atoms with Crippen molar-refractivity contribution in [3.63, 3.8) is 0 Å². The topological polar surface area (TPSA) is 88.5 Å². The molecule has 5 rings (SSSR count). The van der Waals surface area contributed by atoms with Gasteiger partial charge in [0.25, 0.3) is 0 Å². The number of aliphatic hydroxyl groups excluding tert-OH is 1. The van der Waals surface area contributed by atoms with E-state index in [1.807, 2.05) is 30.3 Å². The molecule has 3 aromatic carbocycles. The van der Waals surface area contributed by atoms with E-state index in [0.717, 1.165) is 27.7 Å². The average Bonchev–Trinajstić information content (AvgIpc) is 3.16. The highest BCUT2D eigenvalue weighted by Crippen LogP contribution is 2.40. The van der Waals surface area contributed by atoms with E-state index in [0.29, 0.717) is 29.2 Å². The molecule has 1 heterocycles. The first-order valence-electron chi connectivity index (χ1n) is 11.7. The van der Waals surface area contributed by atoms with Gasteiger partial charge in [0.15, 0.2) is 0 Å². The first-order chi connectivity index (χ1) is 18.0. The highest BCUT2D eigenvalue weighted by molar-refractivity contribution is 7.93. The Kier molecular flexibility index (Phi) is 6.97. The number of hydrogen-bond donors (Lipinski definition) is 2. The Balaban J connectivity index is 1.25. The molecule has 198 valence electrons. The van der Waals surface area contributed by atoms with Crippen LogP contribution in [0.5, 0.6) is 5.75 Å². The summed E-state index contributed by atoms with van der Waals surface area (Å²) in [4.78, 5) is 4.58. The van der Waals surface area contributed by atoms with Crippen molar-refractivity contribution in [2.45, 2.75) is 31.1 Å². The minimum Gasteiger partial charge on any atom is -0.487 e. The lowest BCUT2D eigenvalue weighted by Crippen LogP contribution is -2.29. The predicted molar refractivity (Wildman–Crippen MR) is 138 cm³/mol. The maximum Gasteiger partial charge on any atom is 0.516 e. The number of rotatable bonds is 7. The Labute approximate surface area is 222 Å². The molecule has 0 radical (unpaired) electrons. The van der Waals surface area contributed by atoms with Crippen molar-refractivity contribution in [1.29, 1.82) is 0 Å². The SMILES string of the molecule is O=S(=O)(Nc1cccc(CC2Cc3ccc(OCc4ccc5ccc(Cl)cc5n4)cc3C2O)c1)C(F)(F)F. The third-order valence-electron chi connectivity index (χ3n) is 6.44. The van der Waals surface area contributed by atoms with Gasteiger partial charge >= 0.3 is 15.5 Å². The van der Waals surface area contributed by atoms with Gasteiger partial charge in [-0.3, -0.25) is 4.72 Å². The molecule has 0 spiro atoms. The second-order valence-electron chi connectivity index (χ2n) is 9.15. The summed E-state index contributed by atoms with van der Waals surface area (Å²) in [6.07, 6.45) is 0.0874. The number of benzene rings is 3. The van der Waals surface area contributed by atoms with E-state index in [1.165, 1.54) is 18.2 Å². The summed E-state index contributed by atoms with van der Waals surface area (Å²) in [7, 11) is -5.52. The number of fused-ring (bicyclic) bond motifs is 2. The van der Waals surface area contributed by atoms with Crippen LogP contribution in [0.2, 0.25) is 5.02 Å². The molecule has 38 heavy (non-hydrogen) atoms. The Morgan fingerprint density at radius 3 is 2.63 bits per heavy atom. The molecule has 0 bridgehead atoms. The number of hydrogen-bond acceptors (Lipinski definition) is 5. The van der Waals surface area contributed by atoms with Crippen molar-refractivity contribution in [2.24, 2.45) is 5.92 Å². The second kappa shape index (κ2) is 10.1. The number of halogens is 4. The summed E-state index contributed by atoms with van der Waals surface area (Å²) in [5.74, 6) is 0.335. The van der Waals surface area contributed by atoms with Crippen molar-refractivity contribution in [2.75, 3.05) is 4.72 Å². The molecular weight excluding hydrogens is 541 g/mol. The van der Waals surface area contributed by atoms with E-state index >= 15 is 0 Å². The molecule has 1 aromatic heterocycles. The monoisotopic (exact) mass is 562 g/mol. The number of aromatic nitrogens is 1. The van der Waals surface area contributed by atoms with Crippen LogP contribution in [0.1, 0.15) is 28.5 Å². The number of anilines is 1. The smallest absolute Gasteiger partial charge is 0.487 e. The summed E-state index contributed by atoms with van der Waals surface area (Å²) in [6.45, 7) is 0.224. The fraction of sp³-hybridized carbons (Fsp3) is 0.222. The van der Waals surface area contributed by atoms with Gasteiger partial charge in [0.05, 0.1) is 17.3 Å². The molecule has 0 fully saturated rings. The maximum atomic E-state index is 12.7. The molecule has 0 saturated heterocycles. The lowest BCUT2D eigenvalue weighted by molar-refractivity contribution is -0.0429. The summed E-state index contributed by atoms with van der Waals surface area (Å²) in [6, 6.07) is 20.5. The summed E-state index contributed by atoms with van der Waals surface area (Å²) < 4.78 is 68.5. The number of sulfonamides is 1. The van der Waals surface area contributed by atoms with Crippen molar-refractivity contribution >= 4 is 38.2 Å². The van der Waals surface area contributed by atoms with Crippen LogP contribution in [0.25, 0.3) is 10.9 Å². The van der Waals surface area contributed by atoms with E-state index in [1.54, 1.807) is 29.0 Å². The molecule has 11 heteroatoms. The van der Waals surface area contributed by atoms with Crippen LogP contribution >= 0.6 is 11.6 Å². The van der Waals surface area contributed by atoms with Gasteiger partial charge < -0.3 is 9.84 Å². The number of nitrogens with one attached hydrogen (secondary N) is 1. The Morgan fingerprint density at radius 1 is 1.05 bits per heavy atom. The standard InChI is InChI=1S/C27H22ClF3N2O4S/c28-20-7-4-17-5-8-22(32-25(17)13-20)15-37-23-9-6-18-12-19(26(34)24(18)14-23)10-16-2-1-3-21(11-16)33-38(35,36)27(29,30)31/h1-9,11,13-14,19,26,33-34H,10,12,15H2. The summed E-state index contributed by atoms with van der Waals surface area (Å²) in [5.41, 5.74) is -1.85. The van der Waals surface area contributed by atoms with Crippen molar-refractivity contribution in [1.82, 2.24) is 4.98 Å². The highest BCUT2D eigenvalue weighted by Gasteiger charge is 2.46. The van der Waals surface area contributed by atoms with Gasteiger partial charge in [0, 0.05) is 16.1 Å². The summed E-state index contributed by atoms with van der Waals surface area (Å²) in [5, 5.41) is 12.5. The Morgan fingerprint density at radius 2 is 1.84 bits per heavy atom. The zero-order valence-corrected chi connectivity index (χ0v) is 21.3. The molecule has 0 saturated carbocycles. The number of alkyl halides is 3. The third-order valence-corrected chi connectivity index (χ3v) is 7.79. The molecule has 2 atom stereocenters. The van der Waals surface area contributed by atoms with Gasteiger partial charge in [-0.15, -0.1) is 0 Å². The van der Waals surface area contributed by atoms with Crippen molar-refractivity contribution < 1.29 is 31.4 Å². The van der Waals surface area contributed by atoms with Gasteiger partial charge in [-0.1, -0.05) is 41.9 Å². The highest BCUT2D eigenvalue weighted by atomic mass is 35.5. The maximum absolute atomic E-state index is 12.7. The molecule has 2 N–H and O–H groups in total. The fourth-order valence-corrected chi connectivity index (χ4v) is 5.32. The molecule has 0 amide bonds. The van der Waals surface area contributed by atoms with E-state index in [-0.39, 0.29) is 18.2 Å². The lowest BCUT2D eigenvalue weighted by Gasteiger charge is -2.16. The molecule has 4 aromatic rings. The Hall–Kier alpha value is -3.34. The largest absolute Gasteiger partial charge is 0.516 e. The lowest BCUT2D eigenvalue weighted by atomic mass is 9.94. The zero-order chi connectivity index (χ0) is 27.1. The average molecular weight is 563 g/mol. The summed E-state index contributed by atoms with van der Waals surface area (Å²) >= 11 is 6.06. The van der Waals surface area contributed by atoms with E-state index < -0.39 is 21.6 Å². The molecule has 0 aliphatic heterocycles. The normalized spacial score (nSPS) is 17.4. The quantitative estimate of drug-likeness (QED) is 0.281. The van der Waals surface area contributed by atoms with Gasteiger partial charge in [-0.05, 0) is 77.9 Å². The van der Waals surface area contributed by atoms with Crippen LogP contribution in [0.3, 0.4) is 0 Å². The van der Waals surface area contributed by atoms with Crippen LogP contribution in [0.4, 0.5) is 18.9 Å². The van der Waals surface area contributed by atoms with Crippen molar-refractivity contribution in [3.8, 4) is 5.75 Å². The number of nitrogens with zero attached hydrogens (tertiary/aromatic N) is 1. The van der Waals surface area contributed by atoms with Crippen LogP contribution in [-0.2, 0) is 29.5 Å². The molecule has 1 aliphatic rings. The third kappa shape index (κ3) is 5.57. The molecule has 1 aliphatic carbocycles. The minimum atomic E-state index is -5.52. The predicted octanol–water partition coefficient (Wildman–Crippen LogP) is 6.18. The first-order valence-corrected chi connectivity index (χ1v) is 13.5. The number of pyridine rings is 1. The first kappa shape index (κ1) is 26.3. The molecular formula is C27H22ClF3N2O4S. The van der Waals surface area contributed by atoms with Crippen LogP contribution in [0, 0.1) is 5.92 Å². The van der Waals surface area contributed by atoms with E-state index in [4.69, 9.17) is 16.3 Å². The van der Waals surface area contributed by atoms with Gasteiger partial charge in [-0.25, -0.2) is 4.98 Å². The van der Waals surface area contributed by atoms with Gasteiger partial charge in [-0.2, -0.15) is 21.6 Å². The van der Waals surface area contributed by atoms with E-state index in [9.17, 15) is 26.7 Å². The number of ether oxygens (including phenoxy) is 1. The van der Waals surface area contributed by atoms with E-state index in [2.05, 4.69) is 4.98 Å². The molecule has 2 unspecified atom stereocenters. The van der Waals surface area contributed by atoms with Gasteiger partial charge in [0.2, 0.25) is 0 Å². The Bertz CT molecular complexity index is 1610. The van der Waals surface area contributed by atoms with Gasteiger partial charge in [0.1, 0.15) is 12.4 Å². The second-order valence-corrected chi connectivity index (χ2v) is 11.3. The van der Waals surface area contributed by atoms with Crippen LogP contribution < -0.4 is 9.46 Å². The number of aliphatic hydroxyl groups is 1. The van der Waals surface area contributed by atoms with Crippen molar-refractivity contribution in [3.05, 3.63) is 100 Å². The van der Waals surface area contributed by atoms with Crippen LogP contribution in [-0.4, -0.2) is 24.0 Å². The van der Waals surface area contributed by atoms with Crippen LogP contribution in [0.15, 0.2) is 72.8 Å². The minimum absolute atomic E-state index is 0.190. The fourth-order valence-electron chi connectivity index (χ4n) is 4.60.